The fraction of sp³-hybridized carbons (Fsp3) is 0.200. The van der Waals surface area contributed by atoms with Gasteiger partial charge in [0.05, 0.1) is 12.2 Å². The van der Waals surface area contributed by atoms with Gasteiger partial charge >= 0.3 is 5.78 Å². The highest BCUT2D eigenvalue weighted by molar-refractivity contribution is 6.30. The lowest BCUT2D eigenvalue weighted by molar-refractivity contribution is -0.520. The number of aromatic amines is 1. The first kappa shape index (κ1) is 12.9. The van der Waals surface area contributed by atoms with Crippen molar-refractivity contribution < 1.29 is 4.40 Å². The van der Waals surface area contributed by atoms with Crippen molar-refractivity contribution in [2.75, 3.05) is 5.32 Å². The first-order valence-electron chi connectivity index (χ1n) is 6.49. The maximum absolute atomic E-state index is 5.87. The number of hydrogen-bond donors (Lipinski definition) is 2. The molecule has 2 N–H and O–H groups in total. The van der Waals surface area contributed by atoms with Crippen LogP contribution in [0.4, 0.5) is 5.69 Å². The number of H-pyrrole nitrogens is 1. The van der Waals surface area contributed by atoms with Crippen LogP contribution in [-0.2, 0) is 6.54 Å². The van der Waals surface area contributed by atoms with Crippen molar-refractivity contribution in [1.82, 2.24) is 9.97 Å². The van der Waals surface area contributed by atoms with Gasteiger partial charge in [-0.25, -0.2) is 9.38 Å². The summed E-state index contributed by atoms with van der Waals surface area (Å²) in [6.45, 7) is 4.79. The van der Waals surface area contributed by atoms with Crippen LogP contribution in [0.2, 0.25) is 5.02 Å². The third-order valence-electron chi connectivity index (χ3n) is 3.19. The highest BCUT2D eigenvalue weighted by Crippen LogP contribution is 2.14. The topological polar surface area (TPSA) is 44.8 Å². The van der Waals surface area contributed by atoms with Crippen molar-refractivity contribution in [2.24, 2.45) is 0 Å². The standard InChI is InChI=1S/C15H15ClN4/c1-10-7-11(2)20-9-14(19-15(20)18-10)8-17-13-5-3-12(16)4-6-13/h3-7,9,17H,8H2,1-2H3/p+1. The zero-order chi connectivity index (χ0) is 14.1. The van der Waals surface area contributed by atoms with Crippen LogP contribution >= 0.6 is 11.6 Å². The Balaban J connectivity index is 1.81. The molecule has 3 rings (SSSR count). The lowest BCUT2D eigenvalue weighted by atomic mass is 10.3. The van der Waals surface area contributed by atoms with Crippen LogP contribution in [0.15, 0.2) is 36.5 Å². The van der Waals surface area contributed by atoms with Crippen molar-refractivity contribution in [2.45, 2.75) is 20.4 Å². The van der Waals surface area contributed by atoms with E-state index in [1.807, 2.05) is 31.2 Å². The number of nitrogens with one attached hydrogen (secondary N) is 2. The van der Waals surface area contributed by atoms with Crippen LogP contribution in [0.1, 0.15) is 17.1 Å². The molecule has 0 saturated carbocycles. The fourth-order valence-corrected chi connectivity index (χ4v) is 2.36. The third-order valence-corrected chi connectivity index (χ3v) is 3.44. The molecule has 0 unspecified atom stereocenters. The van der Waals surface area contributed by atoms with Gasteiger partial charge in [0.1, 0.15) is 17.6 Å². The number of nitrogens with zero attached hydrogens (tertiary/aromatic N) is 2. The molecule has 0 aliphatic heterocycles. The van der Waals surface area contributed by atoms with Gasteiger partial charge in [-0.05, 0) is 38.1 Å². The maximum atomic E-state index is 5.87. The first-order chi connectivity index (χ1) is 9.61. The van der Waals surface area contributed by atoms with E-state index in [4.69, 9.17) is 11.6 Å². The number of imidazole rings is 1. The molecule has 4 nitrogen and oxygen atoms in total. The Hall–Kier alpha value is -2.07. The van der Waals surface area contributed by atoms with Crippen molar-refractivity contribution >= 4 is 23.1 Å². The Morgan fingerprint density at radius 3 is 2.75 bits per heavy atom. The molecule has 20 heavy (non-hydrogen) atoms. The normalized spacial score (nSPS) is 10.9. The van der Waals surface area contributed by atoms with Crippen LogP contribution in [0.3, 0.4) is 0 Å². The summed E-state index contributed by atoms with van der Waals surface area (Å²) in [4.78, 5) is 7.81. The number of benzene rings is 1. The summed E-state index contributed by atoms with van der Waals surface area (Å²) in [5.74, 6) is 0.871. The Labute approximate surface area is 122 Å². The Bertz CT molecular complexity index is 746. The van der Waals surface area contributed by atoms with Gasteiger partial charge in [-0.3, -0.25) is 0 Å². The lowest BCUT2D eigenvalue weighted by Gasteiger charge is -2.02. The monoisotopic (exact) mass is 287 g/mol. The van der Waals surface area contributed by atoms with Crippen molar-refractivity contribution in [3.8, 4) is 0 Å². The number of halogens is 1. The second kappa shape index (κ2) is 5.13. The summed E-state index contributed by atoms with van der Waals surface area (Å²) in [6, 6.07) is 9.74. The van der Waals surface area contributed by atoms with E-state index in [9.17, 15) is 0 Å². The molecule has 0 aliphatic rings. The van der Waals surface area contributed by atoms with E-state index in [2.05, 4.69) is 38.9 Å². The van der Waals surface area contributed by atoms with Gasteiger partial charge in [-0.2, -0.15) is 0 Å². The second-order valence-corrected chi connectivity index (χ2v) is 5.31. The molecular weight excluding hydrogens is 272 g/mol. The van der Waals surface area contributed by atoms with Gasteiger partial charge in [-0.1, -0.05) is 16.6 Å². The van der Waals surface area contributed by atoms with Crippen LogP contribution in [-0.4, -0.2) is 9.97 Å². The Morgan fingerprint density at radius 1 is 1.25 bits per heavy atom. The molecule has 0 bridgehead atoms. The first-order valence-corrected chi connectivity index (χ1v) is 6.86. The van der Waals surface area contributed by atoms with Gasteiger partial charge in [0, 0.05) is 16.8 Å². The maximum Gasteiger partial charge on any atom is 0.401 e. The van der Waals surface area contributed by atoms with Crippen LogP contribution in [0.5, 0.6) is 0 Å². The van der Waals surface area contributed by atoms with Crippen molar-refractivity contribution in [3.05, 3.63) is 58.6 Å². The molecule has 2 heterocycles. The van der Waals surface area contributed by atoms with Crippen molar-refractivity contribution in [3.63, 3.8) is 0 Å². The predicted molar refractivity (Wildman–Crippen MR) is 80.0 cm³/mol. The largest absolute Gasteiger partial charge is 0.401 e. The Kier molecular flexibility index (Phi) is 3.32. The third kappa shape index (κ3) is 2.60. The number of fused-ring (bicyclic) bond motifs is 1. The molecule has 0 spiro atoms. The zero-order valence-electron chi connectivity index (χ0n) is 11.4. The van der Waals surface area contributed by atoms with E-state index < -0.39 is 0 Å². The minimum absolute atomic E-state index is 0.712. The minimum Gasteiger partial charge on any atom is -0.378 e. The van der Waals surface area contributed by atoms with Gasteiger partial charge in [0.2, 0.25) is 0 Å². The molecule has 2 aromatic heterocycles. The fourth-order valence-electron chi connectivity index (χ4n) is 2.23. The molecule has 0 fully saturated rings. The quantitative estimate of drug-likeness (QED) is 0.727. The molecule has 1 aromatic carbocycles. The van der Waals surface area contributed by atoms with Gasteiger partial charge < -0.3 is 5.32 Å². The minimum atomic E-state index is 0.712. The van der Waals surface area contributed by atoms with E-state index in [0.29, 0.717) is 6.54 Å². The molecule has 0 amide bonds. The highest BCUT2D eigenvalue weighted by atomic mass is 35.5. The molecule has 0 atom stereocenters. The summed E-state index contributed by atoms with van der Waals surface area (Å²) < 4.78 is 2.06. The molecule has 0 aliphatic carbocycles. The lowest BCUT2D eigenvalue weighted by Crippen LogP contribution is -2.24. The van der Waals surface area contributed by atoms with Crippen molar-refractivity contribution in [1.29, 1.82) is 0 Å². The van der Waals surface area contributed by atoms with E-state index in [0.717, 1.165) is 27.9 Å². The van der Waals surface area contributed by atoms with Gasteiger partial charge in [0.25, 0.3) is 0 Å². The van der Waals surface area contributed by atoms with Crippen LogP contribution < -0.4 is 9.72 Å². The molecular formula is C15H16ClN4+. The SMILES string of the molecule is Cc1cc(C)[n+]2cc(CNc3ccc(Cl)cc3)[nH]c2n1. The number of aromatic nitrogens is 3. The summed E-state index contributed by atoms with van der Waals surface area (Å²) in [5.41, 5.74) is 4.31. The predicted octanol–water partition coefficient (Wildman–Crippen LogP) is 3.03. The highest BCUT2D eigenvalue weighted by Gasteiger charge is 2.12. The van der Waals surface area contributed by atoms with E-state index in [-0.39, 0.29) is 0 Å². The average molecular weight is 288 g/mol. The molecule has 0 radical (unpaired) electrons. The van der Waals surface area contributed by atoms with Gasteiger partial charge in [-0.15, -0.1) is 0 Å². The van der Waals surface area contributed by atoms with E-state index in [1.165, 1.54) is 5.69 Å². The molecule has 102 valence electrons. The number of hydrogen-bond acceptors (Lipinski definition) is 2. The van der Waals surface area contributed by atoms with E-state index >= 15 is 0 Å². The zero-order valence-corrected chi connectivity index (χ0v) is 12.2. The van der Waals surface area contributed by atoms with E-state index in [1.54, 1.807) is 0 Å². The average Bonchev–Trinajstić information content (AvgIpc) is 2.81. The summed E-state index contributed by atoms with van der Waals surface area (Å²) >= 11 is 5.87. The number of anilines is 1. The van der Waals surface area contributed by atoms with Crippen LogP contribution in [0, 0.1) is 13.8 Å². The summed E-state index contributed by atoms with van der Waals surface area (Å²) in [6.07, 6.45) is 2.07. The summed E-state index contributed by atoms with van der Waals surface area (Å²) in [7, 11) is 0. The van der Waals surface area contributed by atoms with Crippen LogP contribution in [0.25, 0.3) is 5.78 Å². The second-order valence-electron chi connectivity index (χ2n) is 4.87. The molecule has 5 heteroatoms. The molecule has 0 saturated heterocycles. The number of aryl methyl sites for hydroxylation is 2. The smallest absolute Gasteiger partial charge is 0.378 e. The van der Waals surface area contributed by atoms with Gasteiger partial charge in [0.15, 0.2) is 0 Å². The molecule has 3 aromatic rings. The summed E-state index contributed by atoms with van der Waals surface area (Å²) in [5, 5.41) is 4.09. The number of rotatable bonds is 3. The Morgan fingerprint density at radius 2 is 2.00 bits per heavy atom.